The fourth-order valence-electron chi connectivity index (χ4n) is 13.7. The van der Waals surface area contributed by atoms with E-state index >= 15 is 8.78 Å². The van der Waals surface area contributed by atoms with Crippen LogP contribution in [0.4, 0.5) is 19.4 Å². The Kier molecular flexibility index (Phi) is 13.1. The second kappa shape index (κ2) is 20.3. The number of nitrogens with zero attached hydrogens (tertiary/aromatic N) is 9. The normalized spacial score (nSPS) is 25.0. The van der Waals surface area contributed by atoms with E-state index in [2.05, 4.69) is 36.2 Å². The maximum absolute atomic E-state index is 17.2. The standard InChI is InChI=1S/C58H63F2N11O7/c1-3-41-44(59)12-9-36-6-4-7-42(49(36)41)51-50(60)52-43(25-61-51)53(69-27-37-10-11-38(28-69)62-37)65-55(64-52)78-33-58-19-5-21-70(58)39(16-20-58)32-77-57(75)68-22-17-34(18-23-68)31-76-40-29-67(30-40)26-35-8-13-45-47(24-35)66(2)56(74)71(45)46-14-15-48(72)63-54(46)73/h1,4,6-9,12-13,24-25,34,37-40,46,62H,5,10-11,14-23,26-33H2,2H3,(H,63,72,73)/t37?,38?,39-,46?,58-/m0/s1. The van der Waals surface area contributed by atoms with Crippen LogP contribution < -0.4 is 26.0 Å². The number of likely N-dealkylation sites (tertiary alicyclic amines) is 2. The first kappa shape index (κ1) is 50.5. The van der Waals surface area contributed by atoms with Gasteiger partial charge in [-0.15, -0.1) is 6.42 Å². The van der Waals surface area contributed by atoms with Gasteiger partial charge in [-0.1, -0.05) is 36.3 Å². The van der Waals surface area contributed by atoms with Crippen molar-refractivity contribution in [2.75, 3.05) is 70.5 Å². The number of hydrogen-bond acceptors (Lipinski definition) is 14. The Morgan fingerprint density at radius 3 is 2.53 bits per heavy atom. The highest BCUT2D eigenvalue weighted by atomic mass is 19.1. The molecule has 7 fully saturated rings. The summed E-state index contributed by atoms with van der Waals surface area (Å²) < 4.78 is 54.3. The minimum atomic E-state index is -0.716. The molecule has 78 heavy (non-hydrogen) atoms. The number of carbonyl (C=O) groups excluding carboxylic acids is 3. The van der Waals surface area contributed by atoms with E-state index in [-0.39, 0.29) is 83.3 Å². The lowest BCUT2D eigenvalue weighted by atomic mass is 9.95. The van der Waals surface area contributed by atoms with Crippen molar-refractivity contribution >= 4 is 56.4 Å². The zero-order valence-corrected chi connectivity index (χ0v) is 43.7. The number of fused-ring (bicyclic) bond motifs is 6. The third-order valence-electron chi connectivity index (χ3n) is 17.9. The highest BCUT2D eigenvalue weighted by molar-refractivity contribution is 6.02. The number of aromatic nitrogens is 5. The van der Waals surface area contributed by atoms with Crippen molar-refractivity contribution < 1.29 is 37.4 Å². The number of halogens is 2. The first-order chi connectivity index (χ1) is 37.9. The van der Waals surface area contributed by atoms with Crippen LogP contribution in [-0.4, -0.2) is 152 Å². The minimum Gasteiger partial charge on any atom is -0.461 e. The summed E-state index contributed by atoms with van der Waals surface area (Å²) in [7, 11) is 1.71. The summed E-state index contributed by atoms with van der Waals surface area (Å²) in [6, 6.07) is 14.1. The number of piperazine rings is 1. The number of anilines is 1. The van der Waals surface area contributed by atoms with Gasteiger partial charge in [-0.3, -0.25) is 38.8 Å². The highest BCUT2D eigenvalue weighted by Crippen LogP contribution is 2.44. The average Bonchev–Trinajstić information content (AvgIpc) is 4.22. The second-order valence-electron chi connectivity index (χ2n) is 22.7. The molecule has 406 valence electrons. The predicted octanol–water partition coefficient (Wildman–Crippen LogP) is 5.80. The fraction of sp³-hybridized carbons (Fsp3) is 0.500. The van der Waals surface area contributed by atoms with Crippen LogP contribution in [-0.2, 0) is 32.7 Å². The van der Waals surface area contributed by atoms with E-state index < -0.39 is 23.6 Å². The molecule has 6 aromatic rings. The van der Waals surface area contributed by atoms with Gasteiger partial charge in [0.05, 0.1) is 40.2 Å². The fourth-order valence-corrected chi connectivity index (χ4v) is 13.7. The molecule has 7 aliphatic heterocycles. The van der Waals surface area contributed by atoms with Crippen LogP contribution in [0.25, 0.3) is 44.0 Å². The van der Waals surface area contributed by atoms with Gasteiger partial charge in [0.15, 0.2) is 5.82 Å². The maximum Gasteiger partial charge on any atom is 0.409 e. The van der Waals surface area contributed by atoms with Gasteiger partial charge in [-0.25, -0.2) is 18.4 Å². The van der Waals surface area contributed by atoms with Crippen molar-refractivity contribution in [2.24, 2.45) is 13.0 Å². The third kappa shape index (κ3) is 9.11. The third-order valence-corrected chi connectivity index (χ3v) is 17.9. The molecule has 13 rings (SSSR count). The van der Waals surface area contributed by atoms with Gasteiger partial charge >= 0.3 is 17.8 Å². The number of carbonyl (C=O) groups is 3. The lowest BCUT2D eigenvalue weighted by molar-refractivity contribution is -0.135. The van der Waals surface area contributed by atoms with E-state index in [9.17, 15) is 19.2 Å². The summed E-state index contributed by atoms with van der Waals surface area (Å²) in [5.41, 5.74) is 2.39. The zero-order chi connectivity index (χ0) is 53.4. The molecule has 3 unspecified atom stereocenters. The van der Waals surface area contributed by atoms with Crippen LogP contribution in [0.1, 0.15) is 81.4 Å². The van der Waals surface area contributed by atoms with E-state index in [4.69, 9.17) is 30.6 Å². The summed E-state index contributed by atoms with van der Waals surface area (Å²) in [4.78, 5) is 74.2. The molecular formula is C58H63F2N11O7. The van der Waals surface area contributed by atoms with Gasteiger partial charge in [-0.2, -0.15) is 9.97 Å². The summed E-state index contributed by atoms with van der Waals surface area (Å²) in [5, 5.41) is 7.58. The quantitative estimate of drug-likeness (QED) is 0.105. The Bertz CT molecular complexity index is 3480. The predicted molar refractivity (Wildman–Crippen MR) is 287 cm³/mol. The smallest absolute Gasteiger partial charge is 0.409 e. The topological polar surface area (TPSA) is 182 Å². The summed E-state index contributed by atoms with van der Waals surface area (Å²) in [5.74, 6) is 1.40. The first-order valence-corrected chi connectivity index (χ1v) is 27.6. The SMILES string of the molecule is C#Cc1c(F)ccc2cccc(-c3ncc4c(N5CC6CCC(C5)N6)nc(OC[C@@]56CCCN5[C@H](COC(=O)N5CCC(COC7CN(Cc8ccc9c(c8)n(C)c(=O)n9C8CCC(=O)NC8=O)C7)CC5)CC6)nc4c3F)c12. The number of benzene rings is 3. The molecule has 0 saturated carbocycles. The molecular weight excluding hydrogens is 1000 g/mol. The van der Waals surface area contributed by atoms with Gasteiger partial charge in [-0.05, 0) is 99.4 Å². The van der Waals surface area contributed by atoms with Gasteiger partial charge in [0.1, 0.15) is 42.1 Å². The Morgan fingerprint density at radius 1 is 0.910 bits per heavy atom. The van der Waals surface area contributed by atoms with Crippen molar-refractivity contribution in [1.82, 2.24) is 49.4 Å². The summed E-state index contributed by atoms with van der Waals surface area (Å²) in [6.45, 7) is 6.99. The van der Waals surface area contributed by atoms with Gasteiger partial charge in [0.2, 0.25) is 11.8 Å². The van der Waals surface area contributed by atoms with Crippen molar-refractivity contribution in [3.05, 3.63) is 88.0 Å². The van der Waals surface area contributed by atoms with Crippen molar-refractivity contribution in [1.29, 1.82) is 0 Å². The van der Waals surface area contributed by atoms with Crippen molar-refractivity contribution in [2.45, 2.75) is 107 Å². The van der Waals surface area contributed by atoms with Crippen molar-refractivity contribution in [3.8, 4) is 29.6 Å². The molecule has 2 bridgehead atoms. The Hall–Kier alpha value is -7.05. The zero-order valence-electron chi connectivity index (χ0n) is 43.7. The number of piperidine rings is 2. The number of imide groups is 1. The molecule has 0 aliphatic carbocycles. The van der Waals surface area contributed by atoms with Crippen LogP contribution in [0.5, 0.6) is 6.01 Å². The molecule has 3 aromatic carbocycles. The van der Waals surface area contributed by atoms with Crippen LogP contribution >= 0.6 is 0 Å². The summed E-state index contributed by atoms with van der Waals surface area (Å²) >= 11 is 0. The van der Waals surface area contributed by atoms with Crippen molar-refractivity contribution in [3.63, 3.8) is 0 Å². The number of aryl methyl sites for hydroxylation is 1. The van der Waals surface area contributed by atoms with E-state index in [1.807, 2.05) is 29.2 Å². The molecule has 10 heterocycles. The molecule has 7 aliphatic rings. The first-order valence-electron chi connectivity index (χ1n) is 27.6. The van der Waals surface area contributed by atoms with Crippen LogP contribution in [0.15, 0.2) is 59.5 Å². The van der Waals surface area contributed by atoms with Crippen LogP contribution in [0, 0.1) is 29.9 Å². The number of nitrogens with one attached hydrogen (secondary N) is 2. The van der Waals surface area contributed by atoms with E-state index in [1.165, 1.54) is 10.6 Å². The molecule has 3 aromatic heterocycles. The molecule has 2 N–H and O–H groups in total. The molecule has 0 spiro atoms. The lowest BCUT2D eigenvalue weighted by Gasteiger charge is -2.40. The maximum atomic E-state index is 17.2. The second-order valence-corrected chi connectivity index (χ2v) is 22.7. The Labute approximate surface area is 449 Å². The van der Waals surface area contributed by atoms with Crippen LogP contribution in [0.3, 0.4) is 0 Å². The van der Waals surface area contributed by atoms with Gasteiger partial charge < -0.3 is 29.3 Å². The molecule has 3 amide bonds. The number of rotatable bonds is 13. The minimum absolute atomic E-state index is 0.0140. The largest absolute Gasteiger partial charge is 0.461 e. The molecule has 5 atom stereocenters. The van der Waals surface area contributed by atoms with E-state index in [0.29, 0.717) is 91.3 Å². The van der Waals surface area contributed by atoms with E-state index in [1.54, 1.807) is 36.0 Å². The highest BCUT2D eigenvalue weighted by Gasteiger charge is 2.50. The molecule has 18 nitrogen and oxygen atoms in total. The number of amides is 3. The van der Waals surface area contributed by atoms with Gasteiger partial charge in [0.25, 0.3) is 0 Å². The number of imidazole rings is 1. The summed E-state index contributed by atoms with van der Waals surface area (Å²) in [6.07, 6.45) is 15.1. The monoisotopic (exact) mass is 1060 g/mol. The Morgan fingerprint density at radius 2 is 1.73 bits per heavy atom. The van der Waals surface area contributed by atoms with Gasteiger partial charge in [0, 0.05) is 94.6 Å². The van der Waals surface area contributed by atoms with E-state index in [0.717, 1.165) is 82.1 Å². The number of hydrogen-bond donors (Lipinski definition) is 2. The van der Waals surface area contributed by atoms with Crippen LogP contribution in [0.2, 0.25) is 0 Å². The number of pyridine rings is 1. The number of ether oxygens (including phenoxy) is 3. The Balaban J connectivity index is 0.606. The molecule has 7 saturated heterocycles. The molecule has 20 heteroatoms. The number of terminal acetylenes is 1. The molecule has 0 radical (unpaired) electrons. The average molecular weight is 1060 g/mol. The lowest BCUT2D eigenvalue weighted by Crippen LogP contribution is -2.52.